The summed E-state index contributed by atoms with van der Waals surface area (Å²) in [6, 6.07) is 15.3. The minimum absolute atomic E-state index is 0.209. The van der Waals surface area contributed by atoms with Gasteiger partial charge in [-0.15, -0.1) is 0 Å². The molecule has 29 heavy (non-hydrogen) atoms. The number of carbonyl (C=O) groups excluding carboxylic acids is 1. The summed E-state index contributed by atoms with van der Waals surface area (Å²) < 4.78 is 11.2. The minimum atomic E-state index is -0.209. The standard InChI is InChI=1S/C23H29N3O3/c1-3-22(24-25-23(27)20-6-4-18(2)5-7-20)19-8-10-21(11-9-19)29-17-14-26-12-15-28-16-13-26/h4-11H,3,12-17H2,1-2H3,(H,25,27). The van der Waals surface area contributed by atoms with Gasteiger partial charge in [0, 0.05) is 25.2 Å². The summed E-state index contributed by atoms with van der Waals surface area (Å²) in [7, 11) is 0. The molecule has 0 unspecified atom stereocenters. The monoisotopic (exact) mass is 395 g/mol. The van der Waals surface area contributed by atoms with Crippen LogP contribution in [0.5, 0.6) is 5.75 Å². The van der Waals surface area contributed by atoms with E-state index in [1.165, 1.54) is 0 Å². The lowest BCUT2D eigenvalue weighted by Crippen LogP contribution is -2.38. The number of nitrogens with one attached hydrogen (secondary N) is 1. The first-order chi connectivity index (χ1) is 14.2. The molecule has 6 heteroatoms. The molecular weight excluding hydrogens is 366 g/mol. The van der Waals surface area contributed by atoms with Gasteiger partial charge >= 0.3 is 0 Å². The second kappa shape index (κ2) is 10.7. The lowest BCUT2D eigenvalue weighted by Gasteiger charge is -2.26. The molecule has 1 aliphatic heterocycles. The maximum absolute atomic E-state index is 12.3. The molecule has 0 aromatic heterocycles. The molecule has 0 bridgehead atoms. The van der Waals surface area contributed by atoms with E-state index >= 15 is 0 Å². The number of morpholine rings is 1. The Morgan fingerprint density at radius 2 is 1.72 bits per heavy atom. The lowest BCUT2D eigenvalue weighted by molar-refractivity contribution is 0.0322. The van der Waals surface area contributed by atoms with Crippen LogP contribution in [0.3, 0.4) is 0 Å². The van der Waals surface area contributed by atoms with Crippen LogP contribution in [0.1, 0.15) is 34.8 Å². The predicted octanol–water partition coefficient (Wildman–Crippen LogP) is 3.25. The molecule has 1 heterocycles. The summed E-state index contributed by atoms with van der Waals surface area (Å²) >= 11 is 0. The van der Waals surface area contributed by atoms with Crippen molar-refractivity contribution >= 4 is 11.6 Å². The summed E-state index contributed by atoms with van der Waals surface area (Å²) in [5.41, 5.74) is 6.16. The molecule has 0 atom stereocenters. The van der Waals surface area contributed by atoms with Crippen LogP contribution >= 0.6 is 0 Å². The van der Waals surface area contributed by atoms with Gasteiger partial charge in [-0.1, -0.05) is 24.6 Å². The van der Waals surface area contributed by atoms with Crippen molar-refractivity contribution in [2.75, 3.05) is 39.5 Å². The predicted molar refractivity (Wildman–Crippen MR) is 115 cm³/mol. The zero-order valence-corrected chi connectivity index (χ0v) is 17.2. The highest BCUT2D eigenvalue weighted by atomic mass is 16.5. The lowest BCUT2D eigenvalue weighted by atomic mass is 10.1. The zero-order valence-electron chi connectivity index (χ0n) is 17.2. The molecule has 1 fully saturated rings. The van der Waals surface area contributed by atoms with Gasteiger partial charge in [-0.3, -0.25) is 9.69 Å². The van der Waals surface area contributed by atoms with Gasteiger partial charge in [-0.2, -0.15) is 5.10 Å². The minimum Gasteiger partial charge on any atom is -0.492 e. The molecule has 0 spiro atoms. The van der Waals surface area contributed by atoms with Crippen LogP contribution in [0.15, 0.2) is 53.6 Å². The third-order valence-corrected chi connectivity index (χ3v) is 4.91. The maximum atomic E-state index is 12.3. The fourth-order valence-electron chi connectivity index (χ4n) is 3.10. The van der Waals surface area contributed by atoms with E-state index in [2.05, 4.69) is 15.4 Å². The number of ether oxygens (including phenoxy) is 2. The molecule has 2 aromatic carbocycles. The zero-order chi connectivity index (χ0) is 20.5. The third-order valence-electron chi connectivity index (χ3n) is 4.91. The number of benzene rings is 2. The molecule has 1 saturated heterocycles. The normalized spacial score (nSPS) is 15.2. The number of rotatable bonds is 8. The van der Waals surface area contributed by atoms with E-state index in [4.69, 9.17) is 9.47 Å². The molecule has 2 aromatic rings. The molecular formula is C23H29N3O3. The Morgan fingerprint density at radius 3 is 2.38 bits per heavy atom. The van der Waals surface area contributed by atoms with E-state index in [0.717, 1.165) is 55.4 Å². The van der Waals surface area contributed by atoms with E-state index in [0.29, 0.717) is 18.6 Å². The molecule has 3 rings (SSSR count). The number of aryl methyl sites for hydroxylation is 1. The van der Waals surface area contributed by atoms with E-state index in [1.54, 1.807) is 12.1 Å². The average Bonchev–Trinajstić information content (AvgIpc) is 2.76. The number of hydrogen-bond acceptors (Lipinski definition) is 5. The van der Waals surface area contributed by atoms with Crippen molar-refractivity contribution < 1.29 is 14.3 Å². The van der Waals surface area contributed by atoms with Crippen LogP contribution in [0.25, 0.3) is 0 Å². The van der Waals surface area contributed by atoms with E-state index < -0.39 is 0 Å². The number of hydrogen-bond donors (Lipinski definition) is 1. The number of nitrogens with zero attached hydrogens (tertiary/aromatic N) is 2. The van der Waals surface area contributed by atoms with E-state index in [1.807, 2.05) is 50.2 Å². The van der Waals surface area contributed by atoms with Crippen LogP contribution in [-0.4, -0.2) is 56.0 Å². The fourth-order valence-corrected chi connectivity index (χ4v) is 3.10. The van der Waals surface area contributed by atoms with Gasteiger partial charge in [0.15, 0.2) is 0 Å². The second-order valence-electron chi connectivity index (χ2n) is 7.05. The molecule has 1 amide bonds. The highest BCUT2D eigenvalue weighted by molar-refractivity contribution is 6.02. The SMILES string of the molecule is CCC(=NNC(=O)c1ccc(C)cc1)c1ccc(OCCN2CCOCC2)cc1. The van der Waals surface area contributed by atoms with Crippen molar-refractivity contribution in [1.82, 2.24) is 10.3 Å². The van der Waals surface area contributed by atoms with Gasteiger partial charge < -0.3 is 9.47 Å². The van der Waals surface area contributed by atoms with Gasteiger partial charge in [0.05, 0.1) is 18.9 Å². The van der Waals surface area contributed by atoms with Crippen LogP contribution in [-0.2, 0) is 4.74 Å². The largest absolute Gasteiger partial charge is 0.492 e. The van der Waals surface area contributed by atoms with E-state index in [-0.39, 0.29) is 5.91 Å². The highest BCUT2D eigenvalue weighted by Crippen LogP contribution is 2.14. The van der Waals surface area contributed by atoms with Crippen molar-refractivity contribution in [2.24, 2.45) is 5.10 Å². The van der Waals surface area contributed by atoms with Gasteiger partial charge in [0.2, 0.25) is 0 Å². The summed E-state index contributed by atoms with van der Waals surface area (Å²) in [6.07, 6.45) is 0.714. The summed E-state index contributed by atoms with van der Waals surface area (Å²) in [5.74, 6) is 0.625. The molecule has 0 aliphatic carbocycles. The number of carbonyl (C=O) groups is 1. The molecule has 1 aliphatic rings. The van der Waals surface area contributed by atoms with Crippen molar-refractivity contribution in [3.8, 4) is 5.75 Å². The molecule has 154 valence electrons. The topological polar surface area (TPSA) is 63.2 Å². The first kappa shape index (κ1) is 21.0. The van der Waals surface area contributed by atoms with Crippen molar-refractivity contribution in [3.05, 3.63) is 65.2 Å². The summed E-state index contributed by atoms with van der Waals surface area (Å²) in [6.45, 7) is 9.09. The highest BCUT2D eigenvalue weighted by Gasteiger charge is 2.10. The Bertz CT molecular complexity index is 810. The number of hydrazone groups is 1. The van der Waals surface area contributed by atoms with Crippen molar-refractivity contribution in [1.29, 1.82) is 0 Å². The van der Waals surface area contributed by atoms with Gasteiger partial charge in [0.25, 0.3) is 5.91 Å². The average molecular weight is 396 g/mol. The Labute approximate surface area is 172 Å². The van der Waals surface area contributed by atoms with Crippen LogP contribution in [0.2, 0.25) is 0 Å². The smallest absolute Gasteiger partial charge is 0.271 e. The maximum Gasteiger partial charge on any atom is 0.271 e. The fraction of sp³-hybridized carbons (Fsp3) is 0.391. The van der Waals surface area contributed by atoms with Gasteiger partial charge in [0.1, 0.15) is 12.4 Å². The summed E-state index contributed by atoms with van der Waals surface area (Å²) in [4.78, 5) is 14.6. The Hall–Kier alpha value is -2.70. The van der Waals surface area contributed by atoms with Crippen molar-refractivity contribution in [3.63, 3.8) is 0 Å². The van der Waals surface area contributed by atoms with Crippen molar-refractivity contribution in [2.45, 2.75) is 20.3 Å². The third kappa shape index (κ3) is 6.41. The van der Waals surface area contributed by atoms with Gasteiger partial charge in [-0.05, 0) is 55.3 Å². The Kier molecular flexibility index (Phi) is 7.78. The Balaban J connectivity index is 1.52. The van der Waals surface area contributed by atoms with E-state index in [9.17, 15) is 4.79 Å². The molecule has 1 N–H and O–H groups in total. The second-order valence-corrected chi connectivity index (χ2v) is 7.05. The number of amides is 1. The molecule has 0 saturated carbocycles. The van der Waals surface area contributed by atoms with Crippen LogP contribution < -0.4 is 10.2 Å². The first-order valence-corrected chi connectivity index (χ1v) is 10.1. The molecule has 0 radical (unpaired) electrons. The van der Waals surface area contributed by atoms with Gasteiger partial charge in [-0.25, -0.2) is 5.43 Å². The quantitative estimate of drug-likeness (QED) is 0.551. The first-order valence-electron chi connectivity index (χ1n) is 10.1. The summed E-state index contributed by atoms with van der Waals surface area (Å²) in [5, 5.41) is 4.32. The molecule has 6 nitrogen and oxygen atoms in total. The Morgan fingerprint density at radius 1 is 1.07 bits per heavy atom. The van der Waals surface area contributed by atoms with Crippen LogP contribution in [0, 0.1) is 6.92 Å². The van der Waals surface area contributed by atoms with Crippen LogP contribution in [0.4, 0.5) is 0 Å².